The van der Waals surface area contributed by atoms with Crippen LogP contribution in [0.15, 0.2) is 29.4 Å². The first-order valence-corrected chi connectivity index (χ1v) is 21.4. The zero-order chi connectivity index (χ0) is 37.0. The number of phenols is 1. The Labute approximate surface area is 313 Å². The molecule has 0 spiro atoms. The number of carbonyl (C=O) groups is 2. The van der Waals surface area contributed by atoms with E-state index < -0.39 is 12.0 Å². The lowest BCUT2D eigenvalue weighted by molar-refractivity contribution is -0.147. The van der Waals surface area contributed by atoms with Gasteiger partial charge in [-0.25, -0.2) is 4.79 Å². The van der Waals surface area contributed by atoms with Crippen molar-refractivity contribution in [3.8, 4) is 5.75 Å². The molecule has 0 heterocycles. The van der Waals surface area contributed by atoms with Crippen LogP contribution in [-0.2, 0) is 25.6 Å². The Morgan fingerprint density at radius 3 is 1.51 bits per heavy atom. The highest BCUT2D eigenvalue weighted by Gasteiger charge is 2.23. The van der Waals surface area contributed by atoms with Gasteiger partial charge in [0.2, 0.25) is 5.91 Å². The topological polar surface area (TPSA) is 97.2 Å². The van der Waals surface area contributed by atoms with E-state index in [1.807, 2.05) is 0 Å². The van der Waals surface area contributed by atoms with Crippen LogP contribution < -0.4 is 5.32 Å². The van der Waals surface area contributed by atoms with Gasteiger partial charge in [0.25, 0.3) is 0 Å². The molecule has 0 aromatic heterocycles. The molecule has 51 heavy (non-hydrogen) atoms. The molecule has 1 atom stereocenters. The number of nitrogens with zero attached hydrogens (tertiary/aromatic N) is 1. The van der Waals surface area contributed by atoms with Crippen LogP contribution in [0.2, 0.25) is 0 Å². The Hall–Kier alpha value is -2.57. The lowest BCUT2D eigenvalue weighted by Crippen LogP contribution is -2.44. The molecule has 2 N–H and O–H groups in total. The summed E-state index contributed by atoms with van der Waals surface area (Å²) < 4.78 is 5.26. The molecule has 1 aromatic rings. The van der Waals surface area contributed by atoms with Crippen molar-refractivity contribution < 1.29 is 24.3 Å². The molecule has 0 fully saturated rings. The first-order chi connectivity index (χ1) is 25.0. The Morgan fingerprint density at radius 2 is 1.06 bits per heavy atom. The molecule has 0 saturated heterocycles. The fourth-order valence-electron chi connectivity index (χ4n) is 6.57. The summed E-state index contributed by atoms with van der Waals surface area (Å²) in [5, 5.41) is 17.0. The number of carbonyl (C=O) groups excluding carboxylic acids is 2. The van der Waals surface area contributed by atoms with Crippen LogP contribution in [-0.4, -0.2) is 42.0 Å². The van der Waals surface area contributed by atoms with Gasteiger partial charge in [-0.2, -0.15) is 0 Å². The second-order valence-electron chi connectivity index (χ2n) is 14.6. The highest BCUT2D eigenvalue weighted by atomic mass is 16.6. The summed E-state index contributed by atoms with van der Waals surface area (Å²) in [5.74, 6) is -0.569. The number of benzene rings is 1. The average molecular weight is 715 g/mol. The fraction of sp³-hybridized carbons (Fsp3) is 0.795. The SMILES string of the molecule is CCCCCCCCCCCCCCCO/N=C(\CCCCCCCCCCCCCCC)CC(=O)N[C@@H](Cc1ccc(O)cc1)C(=O)OCC. The molecule has 0 aliphatic carbocycles. The molecule has 294 valence electrons. The van der Waals surface area contributed by atoms with Crippen molar-refractivity contribution in [3.63, 3.8) is 0 Å². The predicted octanol–water partition coefficient (Wildman–Crippen LogP) is 12.3. The third-order valence-electron chi connectivity index (χ3n) is 9.75. The van der Waals surface area contributed by atoms with E-state index in [4.69, 9.17) is 9.57 Å². The molecule has 7 heteroatoms. The minimum Gasteiger partial charge on any atom is -0.508 e. The molecule has 1 rings (SSSR count). The van der Waals surface area contributed by atoms with Crippen molar-refractivity contribution in [2.75, 3.05) is 13.2 Å². The average Bonchev–Trinajstić information content (AvgIpc) is 3.12. The van der Waals surface area contributed by atoms with Crippen LogP contribution >= 0.6 is 0 Å². The second kappa shape index (κ2) is 34.5. The van der Waals surface area contributed by atoms with Crippen molar-refractivity contribution in [2.24, 2.45) is 5.16 Å². The number of nitrogens with one attached hydrogen (secondary N) is 1. The number of aromatic hydroxyl groups is 1. The maximum atomic E-state index is 13.2. The van der Waals surface area contributed by atoms with Crippen molar-refractivity contribution in [3.05, 3.63) is 29.8 Å². The van der Waals surface area contributed by atoms with E-state index in [9.17, 15) is 14.7 Å². The zero-order valence-corrected chi connectivity index (χ0v) is 33.3. The number of rotatable bonds is 36. The third-order valence-corrected chi connectivity index (χ3v) is 9.75. The number of esters is 1. The molecule has 0 bridgehead atoms. The summed E-state index contributed by atoms with van der Waals surface area (Å²) in [7, 11) is 0. The molecule has 1 amide bonds. The van der Waals surface area contributed by atoms with E-state index in [-0.39, 0.29) is 31.1 Å². The number of unbranched alkanes of at least 4 members (excludes halogenated alkanes) is 24. The zero-order valence-electron chi connectivity index (χ0n) is 33.3. The second-order valence-corrected chi connectivity index (χ2v) is 14.6. The van der Waals surface area contributed by atoms with Gasteiger partial charge in [0.15, 0.2) is 0 Å². The molecular weight excluding hydrogens is 636 g/mol. The van der Waals surface area contributed by atoms with E-state index in [0.717, 1.165) is 37.0 Å². The summed E-state index contributed by atoms with van der Waals surface area (Å²) >= 11 is 0. The van der Waals surface area contributed by atoms with Crippen molar-refractivity contribution >= 4 is 17.6 Å². The standard InChI is InChI=1S/C44H78N2O5/c1-4-7-9-11-13-15-17-19-21-23-25-27-29-31-40(46-51-36-30-28-26-24-22-20-18-16-14-12-10-8-5-2)38-43(48)45-42(44(49)50-6-3)37-39-32-34-41(47)35-33-39/h32-35,42,47H,4-31,36-38H2,1-3H3,(H,45,48)/b46-40+/t42-/m0/s1. The van der Waals surface area contributed by atoms with Crippen LogP contribution in [0, 0.1) is 0 Å². The molecule has 1 aromatic carbocycles. The lowest BCUT2D eigenvalue weighted by atomic mass is 10.0. The smallest absolute Gasteiger partial charge is 0.328 e. The van der Waals surface area contributed by atoms with Gasteiger partial charge in [0.05, 0.1) is 18.7 Å². The van der Waals surface area contributed by atoms with E-state index in [0.29, 0.717) is 13.0 Å². The molecule has 0 aliphatic rings. The van der Waals surface area contributed by atoms with Crippen LogP contribution in [0.4, 0.5) is 0 Å². The Bertz CT molecular complexity index is 980. The van der Waals surface area contributed by atoms with E-state index in [2.05, 4.69) is 24.3 Å². The van der Waals surface area contributed by atoms with Gasteiger partial charge in [0.1, 0.15) is 18.4 Å². The molecule has 0 radical (unpaired) electrons. The molecule has 0 saturated carbocycles. The molecule has 0 unspecified atom stereocenters. The summed E-state index contributed by atoms with van der Waals surface area (Å²) in [6.45, 7) is 7.10. The maximum absolute atomic E-state index is 13.2. The fourth-order valence-corrected chi connectivity index (χ4v) is 6.57. The van der Waals surface area contributed by atoms with Gasteiger partial charge in [-0.1, -0.05) is 179 Å². The van der Waals surface area contributed by atoms with Gasteiger partial charge in [-0.15, -0.1) is 0 Å². The van der Waals surface area contributed by atoms with E-state index >= 15 is 0 Å². The van der Waals surface area contributed by atoms with Crippen LogP contribution in [0.3, 0.4) is 0 Å². The lowest BCUT2D eigenvalue weighted by Gasteiger charge is -2.18. The van der Waals surface area contributed by atoms with Gasteiger partial charge in [0, 0.05) is 6.42 Å². The highest BCUT2D eigenvalue weighted by Crippen LogP contribution is 2.16. The summed E-state index contributed by atoms with van der Waals surface area (Å²) in [6, 6.07) is 5.84. The van der Waals surface area contributed by atoms with Crippen molar-refractivity contribution in [1.29, 1.82) is 0 Å². The predicted molar refractivity (Wildman–Crippen MR) is 214 cm³/mol. The Morgan fingerprint density at radius 1 is 0.627 bits per heavy atom. The molecule has 0 aliphatic heterocycles. The van der Waals surface area contributed by atoms with E-state index in [1.54, 1.807) is 31.2 Å². The van der Waals surface area contributed by atoms with Crippen LogP contribution in [0.5, 0.6) is 5.75 Å². The minimum absolute atomic E-state index is 0.0995. The summed E-state index contributed by atoms with van der Waals surface area (Å²) in [4.78, 5) is 31.7. The summed E-state index contributed by atoms with van der Waals surface area (Å²) in [6.07, 6.45) is 34.8. The van der Waals surface area contributed by atoms with Gasteiger partial charge in [-0.05, 0) is 50.3 Å². The van der Waals surface area contributed by atoms with E-state index in [1.165, 1.54) is 141 Å². The monoisotopic (exact) mass is 715 g/mol. The van der Waals surface area contributed by atoms with Crippen LogP contribution in [0.25, 0.3) is 0 Å². The third kappa shape index (κ3) is 28.7. The maximum Gasteiger partial charge on any atom is 0.328 e. The number of hydrogen-bond acceptors (Lipinski definition) is 6. The summed E-state index contributed by atoms with van der Waals surface area (Å²) in [5.41, 5.74) is 1.56. The Balaban J connectivity index is 2.48. The normalized spacial score (nSPS) is 12.2. The largest absolute Gasteiger partial charge is 0.508 e. The first kappa shape index (κ1) is 46.5. The Kier molecular flexibility index (Phi) is 31.4. The number of phenolic OH excluding ortho intramolecular Hbond substituents is 1. The minimum atomic E-state index is -0.814. The van der Waals surface area contributed by atoms with Gasteiger partial charge < -0.3 is 20.0 Å². The number of oxime groups is 1. The number of amides is 1. The molecule has 7 nitrogen and oxygen atoms in total. The first-order valence-electron chi connectivity index (χ1n) is 21.4. The van der Waals surface area contributed by atoms with Gasteiger partial charge in [-0.3, -0.25) is 4.79 Å². The number of hydrogen-bond donors (Lipinski definition) is 2. The molecular formula is C44H78N2O5. The highest BCUT2D eigenvalue weighted by molar-refractivity contribution is 6.01. The van der Waals surface area contributed by atoms with Gasteiger partial charge >= 0.3 is 5.97 Å². The number of ether oxygens (including phenoxy) is 1. The quantitative estimate of drug-likeness (QED) is 0.0312. The van der Waals surface area contributed by atoms with Crippen LogP contribution in [0.1, 0.15) is 206 Å². The van der Waals surface area contributed by atoms with Crippen molar-refractivity contribution in [2.45, 2.75) is 213 Å². The van der Waals surface area contributed by atoms with Crippen molar-refractivity contribution in [1.82, 2.24) is 5.32 Å².